The molecule has 45 heavy (non-hydrogen) atoms. The Kier molecular flexibility index (Phi) is 8.03. The monoisotopic (exact) mass is 649 g/mol. The molecule has 1 fully saturated rings. The van der Waals surface area contributed by atoms with E-state index in [0.717, 1.165) is 4.90 Å². The number of aryl methyl sites for hydroxylation is 1. The molecule has 230 valence electrons. The minimum absolute atomic E-state index is 0.0831. The number of nitrogens with zero attached hydrogens (tertiary/aromatic N) is 5. The minimum atomic E-state index is -1.39. The van der Waals surface area contributed by atoms with Crippen molar-refractivity contribution in [2.45, 2.75) is 22.6 Å². The number of hydrogen-bond acceptors (Lipinski definition) is 12. The number of aromatic hydroxyl groups is 1. The summed E-state index contributed by atoms with van der Waals surface area (Å²) < 4.78 is 6.70. The average molecular weight is 650 g/mol. The van der Waals surface area contributed by atoms with Crippen molar-refractivity contribution in [3.63, 3.8) is 0 Å². The van der Waals surface area contributed by atoms with Crippen LogP contribution < -0.4 is 16.3 Å². The van der Waals surface area contributed by atoms with Crippen LogP contribution >= 0.6 is 23.5 Å². The predicted octanol–water partition coefficient (Wildman–Crippen LogP) is 1.02. The summed E-state index contributed by atoms with van der Waals surface area (Å²) in [5, 5.41) is 36.4. The molecule has 3 atom stereocenters. The number of tetrazole rings is 1. The number of thioether (sulfide) groups is 2. The number of β-lactam (4-membered cyclic amide) rings is 1. The van der Waals surface area contributed by atoms with Gasteiger partial charge in [-0.25, -0.2) is 14.3 Å². The molecule has 3 amide bonds. The van der Waals surface area contributed by atoms with E-state index >= 15 is 0 Å². The molecule has 2 aliphatic rings. The van der Waals surface area contributed by atoms with Gasteiger partial charge >= 0.3 is 11.6 Å². The quantitative estimate of drug-likeness (QED) is 0.114. The molecule has 2 aliphatic heterocycles. The van der Waals surface area contributed by atoms with Crippen molar-refractivity contribution >= 4 is 58.2 Å². The fraction of sp³-hybridized carbons (Fsp3) is 0.214. The average Bonchev–Trinajstić information content (AvgIpc) is 3.44. The van der Waals surface area contributed by atoms with Crippen LogP contribution in [0.25, 0.3) is 11.0 Å². The number of nitrogens with one attached hydrogen (secondary N) is 2. The van der Waals surface area contributed by atoms with Gasteiger partial charge in [0.25, 0.3) is 11.8 Å². The molecule has 1 saturated heterocycles. The molecule has 0 radical (unpaired) electrons. The number of rotatable bonds is 9. The molecule has 2 aromatic heterocycles. The Morgan fingerprint density at radius 3 is 2.62 bits per heavy atom. The van der Waals surface area contributed by atoms with E-state index in [2.05, 4.69) is 26.2 Å². The van der Waals surface area contributed by atoms with E-state index in [1.54, 1.807) is 31.3 Å². The van der Waals surface area contributed by atoms with Crippen molar-refractivity contribution in [2.24, 2.45) is 7.05 Å². The highest BCUT2D eigenvalue weighted by Gasteiger charge is 2.54. The molecule has 4 N–H and O–H groups in total. The zero-order valence-corrected chi connectivity index (χ0v) is 24.9. The molecule has 15 nitrogen and oxygen atoms in total. The molecular weight excluding hydrogens is 626 g/mol. The van der Waals surface area contributed by atoms with E-state index in [1.807, 2.05) is 0 Å². The second-order valence-electron chi connectivity index (χ2n) is 10.0. The lowest BCUT2D eigenvalue weighted by molar-refractivity contribution is -0.151. The van der Waals surface area contributed by atoms with Crippen LogP contribution in [0, 0.1) is 0 Å². The standard InChI is InChI=1S/C28H23N7O8S2/c1-34-28(31-32-33-34)45-12-15-11-44-25-20(24(39)35(25)21(15)26(40)41)30-23(38)19(13-6-8-16(36)9-7-13)29-22(37)17-10-14-4-2-3-5-18(14)43-27(17)42/h2-10,19-20,25,36H,11-12H2,1H3,(H,29,37)(H,30,38)(H,40,41)/t19?,20-,25-/m1/s1. The maximum atomic E-state index is 13.6. The van der Waals surface area contributed by atoms with Crippen LogP contribution in [0.3, 0.4) is 0 Å². The number of phenolic OH excluding ortho intramolecular Hbond substituents is 1. The van der Waals surface area contributed by atoms with Crippen molar-refractivity contribution < 1.29 is 33.8 Å². The third-order valence-corrected chi connectivity index (χ3v) is 9.59. The molecule has 4 aromatic rings. The zero-order valence-electron chi connectivity index (χ0n) is 23.2. The molecule has 6 rings (SSSR count). The summed E-state index contributed by atoms with van der Waals surface area (Å²) in [6.07, 6.45) is 0. The fourth-order valence-corrected chi connectivity index (χ4v) is 7.26. The van der Waals surface area contributed by atoms with Gasteiger partial charge in [-0.15, -0.1) is 16.9 Å². The number of benzene rings is 2. The summed E-state index contributed by atoms with van der Waals surface area (Å²) in [6, 6.07) is 11.0. The molecule has 0 saturated carbocycles. The second-order valence-corrected chi connectivity index (χ2v) is 12.1. The summed E-state index contributed by atoms with van der Waals surface area (Å²) in [6.45, 7) is 0. The number of fused-ring (bicyclic) bond motifs is 2. The van der Waals surface area contributed by atoms with Crippen LogP contribution in [0.2, 0.25) is 0 Å². The highest BCUT2D eigenvalue weighted by molar-refractivity contribution is 8.01. The Morgan fingerprint density at radius 1 is 1.16 bits per heavy atom. The van der Waals surface area contributed by atoms with Gasteiger partial charge in [0.1, 0.15) is 40.1 Å². The lowest BCUT2D eigenvalue weighted by Crippen LogP contribution is -2.71. The number of aliphatic carboxylic acids is 1. The number of phenols is 1. The van der Waals surface area contributed by atoms with Gasteiger partial charge in [0, 0.05) is 23.9 Å². The molecular formula is C28H23N7O8S2. The summed E-state index contributed by atoms with van der Waals surface area (Å²) in [4.78, 5) is 66.2. The number of carbonyl (C=O) groups excluding carboxylic acids is 3. The highest BCUT2D eigenvalue weighted by Crippen LogP contribution is 2.41. The number of carboxylic acid groups (broad SMARTS) is 1. The van der Waals surface area contributed by atoms with Gasteiger partial charge in [-0.1, -0.05) is 42.1 Å². The van der Waals surface area contributed by atoms with Crippen molar-refractivity contribution in [2.75, 3.05) is 11.5 Å². The number of hydrogen-bond donors (Lipinski definition) is 4. The van der Waals surface area contributed by atoms with Crippen LogP contribution in [0.5, 0.6) is 5.75 Å². The third kappa shape index (κ3) is 5.74. The number of amides is 3. The van der Waals surface area contributed by atoms with Crippen molar-refractivity contribution in [3.05, 3.63) is 87.4 Å². The SMILES string of the molecule is Cn1nnnc1SCC1=C(C(=O)O)N2C(=O)[C@@H](NC(=O)C(NC(=O)c3cc4ccccc4oc3=O)c3ccc(O)cc3)[C@H]2SC1. The smallest absolute Gasteiger partial charge is 0.352 e. The number of carboxylic acids is 1. The Bertz CT molecular complexity index is 1940. The summed E-state index contributed by atoms with van der Waals surface area (Å²) in [5.74, 6) is -3.17. The molecule has 0 bridgehead atoms. The van der Waals surface area contributed by atoms with Gasteiger partial charge in [0.05, 0.1) is 0 Å². The highest BCUT2D eigenvalue weighted by atomic mass is 32.2. The normalized spacial score (nSPS) is 18.2. The second kappa shape index (κ2) is 12.1. The molecule has 17 heteroatoms. The Morgan fingerprint density at radius 2 is 1.91 bits per heavy atom. The lowest BCUT2D eigenvalue weighted by Gasteiger charge is -2.49. The molecule has 2 aromatic carbocycles. The number of aromatic nitrogens is 4. The predicted molar refractivity (Wildman–Crippen MR) is 160 cm³/mol. The van der Waals surface area contributed by atoms with E-state index in [9.17, 15) is 34.2 Å². The maximum Gasteiger partial charge on any atom is 0.352 e. The van der Waals surface area contributed by atoms with Crippen molar-refractivity contribution in [1.82, 2.24) is 35.7 Å². The molecule has 1 unspecified atom stereocenters. The van der Waals surface area contributed by atoms with Crippen molar-refractivity contribution in [3.8, 4) is 5.75 Å². The first-order valence-electron chi connectivity index (χ1n) is 13.3. The maximum absolute atomic E-state index is 13.6. The summed E-state index contributed by atoms with van der Waals surface area (Å²) in [7, 11) is 1.65. The molecule has 0 spiro atoms. The Balaban J connectivity index is 1.22. The van der Waals surface area contributed by atoms with E-state index in [4.69, 9.17) is 4.42 Å². The van der Waals surface area contributed by atoms with E-state index in [1.165, 1.54) is 58.5 Å². The summed E-state index contributed by atoms with van der Waals surface area (Å²) in [5.41, 5.74) is -0.365. The van der Waals surface area contributed by atoms with Crippen molar-refractivity contribution in [1.29, 1.82) is 0 Å². The third-order valence-electron chi connectivity index (χ3n) is 7.15. The lowest BCUT2D eigenvalue weighted by atomic mass is 10.0. The van der Waals surface area contributed by atoms with E-state index < -0.39 is 46.8 Å². The van der Waals surface area contributed by atoms with Crippen LogP contribution in [-0.2, 0) is 21.4 Å². The van der Waals surface area contributed by atoms with Crippen LogP contribution in [0.1, 0.15) is 22.0 Å². The van der Waals surface area contributed by atoms with E-state index in [0.29, 0.717) is 16.1 Å². The first kappa shape index (κ1) is 29.9. The van der Waals surface area contributed by atoms with E-state index in [-0.39, 0.29) is 39.7 Å². The Labute approximate surface area is 261 Å². The topological polar surface area (TPSA) is 210 Å². The number of carbonyl (C=O) groups is 4. The van der Waals surface area contributed by atoms with Crippen LogP contribution in [-0.4, -0.2) is 81.9 Å². The fourth-order valence-electron chi connectivity index (χ4n) is 4.92. The minimum Gasteiger partial charge on any atom is -0.508 e. The largest absolute Gasteiger partial charge is 0.508 e. The zero-order chi connectivity index (χ0) is 31.8. The van der Waals surface area contributed by atoms with Gasteiger partial charge in [-0.2, -0.15) is 0 Å². The Hall–Kier alpha value is -5.16. The molecule has 4 heterocycles. The molecule has 0 aliphatic carbocycles. The van der Waals surface area contributed by atoms with Crippen LogP contribution in [0.15, 0.2) is 80.2 Å². The summed E-state index contributed by atoms with van der Waals surface area (Å²) >= 11 is 2.51. The van der Waals surface area contributed by atoms with Gasteiger partial charge in [0.2, 0.25) is 11.1 Å². The van der Waals surface area contributed by atoms with Gasteiger partial charge < -0.3 is 25.3 Å². The number of para-hydroxylation sites is 1. The first-order chi connectivity index (χ1) is 21.6. The van der Waals surface area contributed by atoms with Gasteiger partial charge in [-0.3, -0.25) is 19.3 Å². The van der Waals surface area contributed by atoms with Crippen LogP contribution in [0.4, 0.5) is 0 Å². The first-order valence-corrected chi connectivity index (χ1v) is 15.3. The van der Waals surface area contributed by atoms with Gasteiger partial charge in [0.15, 0.2) is 0 Å². The van der Waals surface area contributed by atoms with Gasteiger partial charge in [-0.05, 0) is 45.8 Å².